The fourth-order valence-electron chi connectivity index (χ4n) is 5.05. The number of nitrogens with one attached hydrogen (secondary N) is 2. The molecule has 2 aliphatic rings. The highest BCUT2D eigenvalue weighted by atomic mass is 16.5. The van der Waals surface area contributed by atoms with Gasteiger partial charge in [-0.2, -0.15) is 0 Å². The van der Waals surface area contributed by atoms with Crippen molar-refractivity contribution in [2.24, 2.45) is 5.92 Å². The molecule has 2 amide bonds. The quantitative estimate of drug-likeness (QED) is 0.563. The summed E-state index contributed by atoms with van der Waals surface area (Å²) in [6, 6.07) is 15.5. The van der Waals surface area contributed by atoms with Gasteiger partial charge in [0.1, 0.15) is 12.6 Å². The largest absolute Gasteiger partial charge is 0.480 e. The maximum Gasteiger partial charge on any atom is 0.407 e. The first-order chi connectivity index (χ1) is 16.0. The van der Waals surface area contributed by atoms with Crippen molar-refractivity contribution in [3.05, 3.63) is 59.7 Å². The van der Waals surface area contributed by atoms with E-state index in [-0.39, 0.29) is 36.8 Å². The SMILES string of the molecule is CC[C@@H](NC(=O)CC1CCC(NC(=O)OCC2c3ccccc3-c3ccccc32)C1)C(=O)O. The summed E-state index contributed by atoms with van der Waals surface area (Å²) in [5, 5.41) is 14.6. The van der Waals surface area contributed by atoms with Crippen LogP contribution in [0.2, 0.25) is 0 Å². The molecule has 7 heteroatoms. The lowest BCUT2D eigenvalue weighted by atomic mass is 9.98. The van der Waals surface area contributed by atoms with Gasteiger partial charge in [0.15, 0.2) is 0 Å². The predicted molar refractivity (Wildman–Crippen MR) is 124 cm³/mol. The lowest BCUT2D eigenvalue weighted by Gasteiger charge is -2.17. The number of benzene rings is 2. The fourth-order valence-corrected chi connectivity index (χ4v) is 5.05. The van der Waals surface area contributed by atoms with Gasteiger partial charge < -0.3 is 20.5 Å². The van der Waals surface area contributed by atoms with Crippen LogP contribution in [-0.2, 0) is 14.3 Å². The van der Waals surface area contributed by atoms with E-state index in [1.165, 1.54) is 22.3 Å². The molecule has 3 atom stereocenters. The van der Waals surface area contributed by atoms with Crippen LogP contribution in [0, 0.1) is 5.92 Å². The van der Waals surface area contributed by atoms with Gasteiger partial charge in [-0.15, -0.1) is 0 Å². The zero-order valence-corrected chi connectivity index (χ0v) is 18.8. The van der Waals surface area contributed by atoms with E-state index in [2.05, 4.69) is 34.9 Å². The number of carbonyl (C=O) groups is 3. The summed E-state index contributed by atoms with van der Waals surface area (Å²) in [6.45, 7) is 2.00. The van der Waals surface area contributed by atoms with Crippen LogP contribution in [0.25, 0.3) is 11.1 Å². The van der Waals surface area contributed by atoms with Crippen molar-refractivity contribution in [3.8, 4) is 11.1 Å². The second-order valence-corrected chi connectivity index (χ2v) is 8.92. The van der Waals surface area contributed by atoms with Crippen molar-refractivity contribution in [2.75, 3.05) is 6.61 Å². The predicted octanol–water partition coefficient (Wildman–Crippen LogP) is 4.06. The highest BCUT2D eigenvalue weighted by Gasteiger charge is 2.31. The molecule has 3 N–H and O–H groups in total. The molecular weight excluding hydrogens is 420 g/mol. The first kappa shape index (κ1) is 22.8. The van der Waals surface area contributed by atoms with Gasteiger partial charge in [0.05, 0.1) is 0 Å². The smallest absolute Gasteiger partial charge is 0.407 e. The van der Waals surface area contributed by atoms with Crippen LogP contribution in [-0.4, -0.2) is 41.8 Å². The van der Waals surface area contributed by atoms with Crippen LogP contribution in [0.4, 0.5) is 4.79 Å². The number of rotatable bonds is 8. The Bertz CT molecular complexity index is 991. The summed E-state index contributed by atoms with van der Waals surface area (Å²) < 4.78 is 5.62. The minimum absolute atomic E-state index is 0.0175. The third kappa shape index (κ3) is 5.18. The average molecular weight is 451 g/mol. The average Bonchev–Trinajstić information content (AvgIpc) is 3.37. The summed E-state index contributed by atoms with van der Waals surface area (Å²) in [6.07, 6.45) is 2.44. The van der Waals surface area contributed by atoms with Crippen molar-refractivity contribution in [2.45, 2.75) is 57.0 Å². The van der Waals surface area contributed by atoms with Gasteiger partial charge in [-0.25, -0.2) is 9.59 Å². The molecule has 0 aromatic heterocycles. The number of amides is 2. The molecule has 174 valence electrons. The van der Waals surface area contributed by atoms with Crippen molar-refractivity contribution in [3.63, 3.8) is 0 Å². The van der Waals surface area contributed by atoms with E-state index in [0.29, 0.717) is 12.8 Å². The molecule has 2 aliphatic carbocycles. The molecular formula is C26H30N2O5. The first-order valence-electron chi connectivity index (χ1n) is 11.6. The van der Waals surface area contributed by atoms with E-state index in [0.717, 1.165) is 12.8 Å². The summed E-state index contributed by atoms with van der Waals surface area (Å²) in [5.74, 6) is -1.14. The van der Waals surface area contributed by atoms with E-state index in [4.69, 9.17) is 9.84 Å². The van der Waals surface area contributed by atoms with Crippen LogP contribution in [0.3, 0.4) is 0 Å². The zero-order valence-electron chi connectivity index (χ0n) is 18.8. The van der Waals surface area contributed by atoms with E-state index >= 15 is 0 Å². The van der Waals surface area contributed by atoms with Gasteiger partial charge in [-0.05, 0) is 53.9 Å². The molecule has 0 aliphatic heterocycles. The van der Waals surface area contributed by atoms with Crippen LogP contribution in [0.15, 0.2) is 48.5 Å². The molecule has 33 heavy (non-hydrogen) atoms. The second kappa shape index (κ2) is 10.1. The number of carboxylic acids is 1. The number of aliphatic carboxylic acids is 1. The highest BCUT2D eigenvalue weighted by Crippen LogP contribution is 2.44. The maximum absolute atomic E-state index is 12.5. The molecule has 0 radical (unpaired) electrons. The van der Waals surface area contributed by atoms with Crippen LogP contribution in [0.5, 0.6) is 0 Å². The van der Waals surface area contributed by atoms with Crippen molar-refractivity contribution >= 4 is 18.0 Å². The molecule has 0 heterocycles. The molecule has 2 unspecified atom stereocenters. The minimum Gasteiger partial charge on any atom is -0.480 e. The Kier molecular flexibility index (Phi) is 6.96. The molecule has 1 fully saturated rings. The number of carboxylic acid groups (broad SMARTS) is 1. The van der Waals surface area contributed by atoms with Gasteiger partial charge in [0.25, 0.3) is 0 Å². The van der Waals surface area contributed by atoms with Gasteiger partial charge in [0, 0.05) is 18.4 Å². The Morgan fingerprint density at radius 2 is 1.67 bits per heavy atom. The Hall–Kier alpha value is -3.35. The Labute approximate surface area is 193 Å². The Morgan fingerprint density at radius 1 is 1.03 bits per heavy atom. The molecule has 7 nitrogen and oxygen atoms in total. The van der Waals surface area contributed by atoms with E-state index in [1.807, 2.05) is 24.3 Å². The molecule has 0 saturated heterocycles. The van der Waals surface area contributed by atoms with Crippen molar-refractivity contribution in [1.29, 1.82) is 0 Å². The van der Waals surface area contributed by atoms with Crippen LogP contribution >= 0.6 is 0 Å². The number of ether oxygens (including phenoxy) is 1. The number of hydrogen-bond acceptors (Lipinski definition) is 4. The third-order valence-corrected chi connectivity index (χ3v) is 6.72. The summed E-state index contributed by atoms with van der Waals surface area (Å²) in [7, 11) is 0. The topological polar surface area (TPSA) is 105 Å². The van der Waals surface area contributed by atoms with E-state index in [1.54, 1.807) is 6.92 Å². The maximum atomic E-state index is 12.5. The number of hydrogen-bond donors (Lipinski definition) is 3. The van der Waals surface area contributed by atoms with Gasteiger partial charge in [-0.1, -0.05) is 55.5 Å². The lowest BCUT2D eigenvalue weighted by molar-refractivity contribution is -0.142. The zero-order chi connectivity index (χ0) is 23.4. The summed E-state index contributed by atoms with van der Waals surface area (Å²) in [4.78, 5) is 35.7. The summed E-state index contributed by atoms with van der Waals surface area (Å²) in [5.41, 5.74) is 4.72. The molecule has 0 bridgehead atoms. The van der Waals surface area contributed by atoms with Crippen LogP contribution < -0.4 is 10.6 Å². The fraction of sp³-hybridized carbons (Fsp3) is 0.423. The van der Waals surface area contributed by atoms with E-state index < -0.39 is 18.1 Å². The normalized spacial score (nSPS) is 19.9. The molecule has 0 spiro atoms. The standard InChI is InChI=1S/C26H30N2O5/c1-2-23(25(30)31)28-24(29)14-16-11-12-17(13-16)27-26(32)33-15-22-20-9-5-3-7-18(20)19-8-4-6-10-21(19)22/h3-10,16-17,22-23H,2,11-15H2,1H3,(H,27,32)(H,28,29)(H,30,31)/t16?,17?,23-/m1/s1. The molecule has 1 saturated carbocycles. The molecule has 2 aromatic rings. The summed E-state index contributed by atoms with van der Waals surface area (Å²) >= 11 is 0. The Balaban J connectivity index is 1.26. The monoisotopic (exact) mass is 450 g/mol. The van der Waals surface area contributed by atoms with Crippen LogP contribution in [0.1, 0.15) is 56.1 Å². The highest BCUT2D eigenvalue weighted by molar-refractivity contribution is 5.83. The van der Waals surface area contributed by atoms with Gasteiger partial charge in [0.2, 0.25) is 5.91 Å². The first-order valence-corrected chi connectivity index (χ1v) is 11.6. The lowest BCUT2D eigenvalue weighted by Crippen LogP contribution is -2.40. The molecule has 2 aromatic carbocycles. The Morgan fingerprint density at radius 3 is 2.27 bits per heavy atom. The number of carbonyl (C=O) groups excluding carboxylic acids is 2. The second-order valence-electron chi connectivity index (χ2n) is 8.92. The van der Waals surface area contributed by atoms with Gasteiger partial charge >= 0.3 is 12.1 Å². The van der Waals surface area contributed by atoms with E-state index in [9.17, 15) is 14.4 Å². The van der Waals surface area contributed by atoms with Gasteiger partial charge in [-0.3, -0.25) is 4.79 Å². The number of fused-ring (bicyclic) bond motifs is 3. The number of alkyl carbamates (subject to hydrolysis) is 1. The minimum atomic E-state index is -1.02. The third-order valence-electron chi connectivity index (χ3n) is 6.72. The van der Waals surface area contributed by atoms with Crippen molar-refractivity contribution in [1.82, 2.24) is 10.6 Å². The van der Waals surface area contributed by atoms with Crippen molar-refractivity contribution < 1.29 is 24.2 Å². The molecule has 4 rings (SSSR count).